The second-order valence-corrected chi connectivity index (χ2v) is 6.14. The number of hydrogen-bond donors (Lipinski definition) is 1. The zero-order valence-corrected chi connectivity index (χ0v) is 12.8. The summed E-state index contributed by atoms with van der Waals surface area (Å²) in [7, 11) is 0. The first-order valence-electron chi connectivity index (χ1n) is 7.20. The van der Waals surface area contributed by atoms with Crippen LogP contribution in [0.5, 0.6) is 11.5 Å². The summed E-state index contributed by atoms with van der Waals surface area (Å²) in [6.45, 7) is 9.25. The molecule has 0 bridgehead atoms. The van der Waals surface area contributed by atoms with Gasteiger partial charge in [-0.2, -0.15) is 0 Å². The van der Waals surface area contributed by atoms with Crippen LogP contribution in [0.2, 0.25) is 0 Å². The van der Waals surface area contributed by atoms with Gasteiger partial charge in [0, 0.05) is 24.1 Å². The van der Waals surface area contributed by atoms with Crippen LogP contribution in [-0.4, -0.2) is 24.9 Å². The van der Waals surface area contributed by atoms with Gasteiger partial charge < -0.3 is 19.9 Å². The summed E-state index contributed by atoms with van der Waals surface area (Å²) in [4.78, 5) is 0. The van der Waals surface area contributed by atoms with Crippen molar-refractivity contribution in [1.82, 2.24) is 0 Å². The quantitative estimate of drug-likeness (QED) is 0.842. The van der Waals surface area contributed by atoms with Crippen LogP contribution < -0.4 is 15.2 Å². The van der Waals surface area contributed by atoms with Crippen molar-refractivity contribution in [3.63, 3.8) is 0 Å². The maximum absolute atomic E-state index is 6.19. The molecule has 1 aromatic rings. The summed E-state index contributed by atoms with van der Waals surface area (Å²) in [6.07, 6.45) is 1.05. The van der Waals surface area contributed by atoms with Crippen molar-refractivity contribution in [3.8, 4) is 11.5 Å². The van der Waals surface area contributed by atoms with Crippen LogP contribution in [0.3, 0.4) is 0 Å². The van der Waals surface area contributed by atoms with Crippen molar-refractivity contribution in [2.45, 2.75) is 51.9 Å². The summed E-state index contributed by atoms with van der Waals surface area (Å²) in [6, 6.07) is 5.88. The average molecular weight is 279 g/mol. The normalized spacial score (nSPS) is 20.4. The van der Waals surface area contributed by atoms with Crippen LogP contribution in [-0.2, 0) is 4.74 Å². The highest BCUT2D eigenvalue weighted by atomic mass is 16.5. The number of benzene rings is 1. The van der Waals surface area contributed by atoms with Crippen LogP contribution >= 0.6 is 0 Å². The first-order valence-corrected chi connectivity index (χ1v) is 7.20. The molecule has 1 unspecified atom stereocenters. The van der Waals surface area contributed by atoms with Crippen molar-refractivity contribution in [2.24, 2.45) is 5.73 Å². The minimum absolute atomic E-state index is 0.0204. The second-order valence-electron chi connectivity index (χ2n) is 6.14. The van der Waals surface area contributed by atoms with Crippen LogP contribution in [0.25, 0.3) is 0 Å². The van der Waals surface area contributed by atoms with E-state index in [-0.39, 0.29) is 17.7 Å². The van der Waals surface area contributed by atoms with Crippen molar-refractivity contribution >= 4 is 0 Å². The molecule has 0 spiro atoms. The summed E-state index contributed by atoms with van der Waals surface area (Å²) in [5.41, 5.74) is 7.01. The van der Waals surface area contributed by atoms with Gasteiger partial charge in [0.15, 0.2) is 0 Å². The van der Waals surface area contributed by atoms with Crippen molar-refractivity contribution in [3.05, 3.63) is 23.8 Å². The molecule has 2 N–H and O–H groups in total. The van der Waals surface area contributed by atoms with E-state index in [1.165, 1.54) is 0 Å². The molecule has 4 heteroatoms. The third-order valence-corrected chi connectivity index (χ3v) is 3.29. The van der Waals surface area contributed by atoms with E-state index in [1.54, 1.807) is 0 Å². The Hall–Kier alpha value is -1.26. The molecule has 1 aliphatic heterocycles. The van der Waals surface area contributed by atoms with E-state index in [4.69, 9.17) is 19.9 Å². The van der Waals surface area contributed by atoms with Gasteiger partial charge in [-0.1, -0.05) is 6.07 Å². The molecule has 4 nitrogen and oxygen atoms in total. The molecule has 0 amide bonds. The van der Waals surface area contributed by atoms with E-state index in [2.05, 4.69) is 13.8 Å². The molecule has 112 valence electrons. The Morgan fingerprint density at radius 1 is 1.35 bits per heavy atom. The molecule has 1 aliphatic rings. The van der Waals surface area contributed by atoms with Crippen LogP contribution in [0, 0.1) is 0 Å². The van der Waals surface area contributed by atoms with E-state index < -0.39 is 0 Å². The van der Waals surface area contributed by atoms with Gasteiger partial charge in [0.2, 0.25) is 0 Å². The summed E-state index contributed by atoms with van der Waals surface area (Å²) < 4.78 is 17.1. The fraction of sp³-hybridized carbons (Fsp3) is 0.625. The van der Waals surface area contributed by atoms with Crippen molar-refractivity contribution < 1.29 is 14.2 Å². The molecule has 0 saturated carbocycles. The lowest BCUT2D eigenvalue weighted by Crippen LogP contribution is -2.37. The van der Waals surface area contributed by atoms with E-state index in [1.807, 2.05) is 32.0 Å². The Morgan fingerprint density at radius 2 is 2.10 bits per heavy atom. The SMILES string of the molecule is CC(C)OCCOc1ccc2c(c1)OC(C)(C)CC2N. The maximum Gasteiger partial charge on any atom is 0.128 e. The van der Waals surface area contributed by atoms with Gasteiger partial charge >= 0.3 is 0 Å². The number of rotatable bonds is 5. The first-order chi connectivity index (χ1) is 9.37. The summed E-state index contributed by atoms with van der Waals surface area (Å²) in [5.74, 6) is 1.62. The van der Waals surface area contributed by atoms with Gasteiger partial charge in [0.05, 0.1) is 12.7 Å². The Balaban J connectivity index is 2.00. The maximum atomic E-state index is 6.19. The highest BCUT2D eigenvalue weighted by molar-refractivity contribution is 5.44. The molecular weight excluding hydrogens is 254 g/mol. The van der Waals surface area contributed by atoms with Gasteiger partial charge in [0.1, 0.15) is 23.7 Å². The van der Waals surface area contributed by atoms with Gasteiger partial charge in [-0.15, -0.1) is 0 Å². The summed E-state index contributed by atoms with van der Waals surface area (Å²) in [5, 5.41) is 0. The summed E-state index contributed by atoms with van der Waals surface area (Å²) >= 11 is 0. The fourth-order valence-electron chi connectivity index (χ4n) is 2.42. The highest BCUT2D eigenvalue weighted by Gasteiger charge is 2.31. The molecule has 20 heavy (non-hydrogen) atoms. The lowest BCUT2D eigenvalue weighted by Gasteiger charge is -2.36. The number of ether oxygens (including phenoxy) is 3. The lowest BCUT2D eigenvalue weighted by atomic mass is 9.90. The Bertz CT molecular complexity index is 457. The molecule has 1 aromatic carbocycles. The van der Waals surface area contributed by atoms with E-state index in [9.17, 15) is 0 Å². The van der Waals surface area contributed by atoms with Crippen molar-refractivity contribution in [1.29, 1.82) is 0 Å². The predicted octanol–water partition coefficient (Wildman–Crippen LogP) is 3.05. The van der Waals surface area contributed by atoms with E-state index >= 15 is 0 Å². The van der Waals surface area contributed by atoms with Crippen molar-refractivity contribution in [2.75, 3.05) is 13.2 Å². The first kappa shape index (κ1) is 15.1. The second kappa shape index (κ2) is 6.02. The van der Waals surface area contributed by atoms with Crippen LogP contribution in [0.1, 0.15) is 45.7 Å². The molecular formula is C16H25NO3. The molecule has 0 radical (unpaired) electrons. The Morgan fingerprint density at radius 3 is 2.80 bits per heavy atom. The van der Waals surface area contributed by atoms with Crippen LogP contribution in [0.4, 0.5) is 0 Å². The number of nitrogens with two attached hydrogens (primary N) is 1. The van der Waals surface area contributed by atoms with E-state index in [0.29, 0.717) is 13.2 Å². The van der Waals surface area contributed by atoms with Gasteiger partial charge in [-0.25, -0.2) is 0 Å². The van der Waals surface area contributed by atoms with E-state index in [0.717, 1.165) is 23.5 Å². The monoisotopic (exact) mass is 279 g/mol. The fourth-order valence-corrected chi connectivity index (χ4v) is 2.42. The molecule has 0 aliphatic carbocycles. The molecule has 2 rings (SSSR count). The molecule has 1 atom stereocenters. The zero-order valence-electron chi connectivity index (χ0n) is 12.8. The molecule has 1 heterocycles. The standard InChI is InChI=1S/C16H25NO3/c1-11(2)18-7-8-19-12-5-6-13-14(17)10-16(3,4)20-15(13)9-12/h5-6,9,11,14H,7-8,10,17H2,1-4H3. The third kappa shape index (κ3) is 3.87. The largest absolute Gasteiger partial charge is 0.491 e. The lowest BCUT2D eigenvalue weighted by molar-refractivity contribution is 0.0542. The third-order valence-electron chi connectivity index (χ3n) is 3.29. The molecule has 0 fully saturated rings. The van der Waals surface area contributed by atoms with Gasteiger partial charge in [-0.05, 0) is 33.8 Å². The minimum atomic E-state index is -0.230. The van der Waals surface area contributed by atoms with Gasteiger partial charge in [-0.3, -0.25) is 0 Å². The van der Waals surface area contributed by atoms with Crippen LogP contribution in [0.15, 0.2) is 18.2 Å². The average Bonchev–Trinajstić information content (AvgIpc) is 2.32. The minimum Gasteiger partial charge on any atom is -0.491 e. The molecule has 0 saturated heterocycles. The number of fused-ring (bicyclic) bond motifs is 1. The predicted molar refractivity (Wildman–Crippen MR) is 79.3 cm³/mol. The van der Waals surface area contributed by atoms with Gasteiger partial charge in [0.25, 0.3) is 0 Å². The number of hydrogen-bond acceptors (Lipinski definition) is 4. The zero-order chi connectivity index (χ0) is 14.8. The Kier molecular flexibility index (Phi) is 4.55. The highest BCUT2D eigenvalue weighted by Crippen LogP contribution is 2.39. The Labute approximate surface area is 121 Å². The topological polar surface area (TPSA) is 53.7 Å². The smallest absolute Gasteiger partial charge is 0.128 e. The molecule has 0 aromatic heterocycles.